The molecule has 2 heterocycles. The van der Waals surface area contributed by atoms with Crippen LogP contribution in [0, 0.1) is 0 Å². The number of hydrogen-bond acceptors (Lipinski definition) is 3. The van der Waals surface area contributed by atoms with E-state index in [0.29, 0.717) is 6.61 Å². The van der Waals surface area contributed by atoms with Crippen LogP contribution in [-0.2, 0) is 6.61 Å². The zero-order chi connectivity index (χ0) is 10.3. The molecular weight excluding hydrogens is 208 g/mol. The van der Waals surface area contributed by atoms with Crippen molar-refractivity contribution < 1.29 is 4.74 Å². The van der Waals surface area contributed by atoms with E-state index >= 15 is 0 Å². The maximum absolute atomic E-state index is 5.65. The first kappa shape index (κ1) is 8.85. The number of thioether (sulfide) groups is 1. The lowest BCUT2D eigenvalue weighted by molar-refractivity contribution is 0.279. The predicted octanol–water partition coefficient (Wildman–Crippen LogP) is 2.49. The highest BCUT2D eigenvalue weighted by Gasteiger charge is 2.16. The molecule has 0 fully saturated rings. The fourth-order valence-electron chi connectivity index (χ4n) is 1.74. The Balaban J connectivity index is 2.18. The summed E-state index contributed by atoms with van der Waals surface area (Å²) in [5.41, 5.74) is 1.08. The number of hydrogen-bond donors (Lipinski definition) is 0. The molecule has 0 saturated carbocycles. The van der Waals surface area contributed by atoms with Gasteiger partial charge in [-0.2, -0.15) is 0 Å². The molecule has 0 unspecified atom stereocenters. The third-order valence-corrected chi connectivity index (χ3v) is 3.23. The number of fused-ring (bicyclic) bond motifs is 3. The number of imidazole rings is 1. The van der Waals surface area contributed by atoms with E-state index in [9.17, 15) is 0 Å². The van der Waals surface area contributed by atoms with Crippen molar-refractivity contribution in [1.29, 1.82) is 0 Å². The van der Waals surface area contributed by atoms with Gasteiger partial charge in [-0.05, 0) is 24.5 Å². The highest BCUT2D eigenvalue weighted by atomic mass is 32.2. The van der Waals surface area contributed by atoms with Gasteiger partial charge in [0.2, 0.25) is 0 Å². The topological polar surface area (TPSA) is 27.1 Å². The molecule has 0 aliphatic carbocycles. The molecule has 2 aromatic rings. The molecular formula is C11H10N2OS. The van der Waals surface area contributed by atoms with Crippen LogP contribution in [0.15, 0.2) is 35.5 Å². The van der Waals surface area contributed by atoms with E-state index in [1.54, 1.807) is 18.0 Å². The Kier molecular flexibility index (Phi) is 1.95. The van der Waals surface area contributed by atoms with Crippen molar-refractivity contribution in [3.63, 3.8) is 0 Å². The molecule has 1 aromatic heterocycles. The van der Waals surface area contributed by atoms with Crippen molar-refractivity contribution in [3.05, 3.63) is 36.4 Å². The molecule has 0 bridgehead atoms. The van der Waals surface area contributed by atoms with Crippen molar-refractivity contribution in [2.45, 2.75) is 11.5 Å². The van der Waals surface area contributed by atoms with Crippen molar-refractivity contribution in [2.24, 2.45) is 0 Å². The molecule has 0 saturated heterocycles. The molecule has 3 nitrogen and oxygen atoms in total. The molecule has 15 heavy (non-hydrogen) atoms. The fourth-order valence-corrected chi connectivity index (χ4v) is 2.17. The van der Waals surface area contributed by atoms with Crippen LogP contribution in [0.1, 0.15) is 5.82 Å². The average molecular weight is 218 g/mol. The summed E-state index contributed by atoms with van der Waals surface area (Å²) in [6.07, 6.45) is 5.83. The summed E-state index contributed by atoms with van der Waals surface area (Å²) in [5, 5.41) is 0. The van der Waals surface area contributed by atoms with Gasteiger partial charge < -0.3 is 4.74 Å². The Morgan fingerprint density at radius 2 is 2.40 bits per heavy atom. The first-order chi connectivity index (χ1) is 7.38. The average Bonchev–Trinajstić information content (AvgIpc) is 2.76. The quantitative estimate of drug-likeness (QED) is 0.688. The Morgan fingerprint density at radius 1 is 1.47 bits per heavy atom. The summed E-state index contributed by atoms with van der Waals surface area (Å²) < 4.78 is 7.73. The van der Waals surface area contributed by atoms with Crippen LogP contribution in [0.2, 0.25) is 0 Å². The van der Waals surface area contributed by atoms with Gasteiger partial charge in [0.25, 0.3) is 0 Å². The zero-order valence-corrected chi connectivity index (χ0v) is 9.12. The fraction of sp³-hybridized carbons (Fsp3) is 0.182. The van der Waals surface area contributed by atoms with Gasteiger partial charge in [0.05, 0.1) is 5.69 Å². The molecule has 1 aromatic carbocycles. The molecule has 1 aliphatic heterocycles. The van der Waals surface area contributed by atoms with Gasteiger partial charge in [-0.15, -0.1) is 11.8 Å². The summed E-state index contributed by atoms with van der Waals surface area (Å²) in [7, 11) is 0. The molecule has 1 aliphatic rings. The minimum absolute atomic E-state index is 0.553. The van der Waals surface area contributed by atoms with Crippen LogP contribution in [0.3, 0.4) is 0 Å². The second-order valence-corrected chi connectivity index (χ2v) is 4.22. The standard InChI is InChI=1S/C11H10N2OS/c1-15-8-2-3-9-10(6-8)14-7-11-12-4-5-13(9)11/h2-6H,7H2,1H3. The summed E-state index contributed by atoms with van der Waals surface area (Å²) in [6, 6.07) is 6.25. The minimum atomic E-state index is 0.553. The Labute approximate surface area is 92.1 Å². The smallest absolute Gasteiger partial charge is 0.151 e. The maximum Gasteiger partial charge on any atom is 0.151 e. The van der Waals surface area contributed by atoms with Gasteiger partial charge in [-0.25, -0.2) is 4.98 Å². The number of nitrogens with zero attached hydrogens (tertiary/aromatic N) is 2. The van der Waals surface area contributed by atoms with E-state index in [-0.39, 0.29) is 0 Å². The lowest BCUT2D eigenvalue weighted by Crippen LogP contribution is -2.12. The number of ether oxygens (including phenoxy) is 1. The largest absolute Gasteiger partial charge is 0.483 e. The van der Waals surface area contributed by atoms with Gasteiger partial charge in [0.1, 0.15) is 12.4 Å². The molecule has 0 radical (unpaired) electrons. The number of benzene rings is 1. The summed E-state index contributed by atoms with van der Waals surface area (Å²) in [6.45, 7) is 0.553. The van der Waals surface area contributed by atoms with Gasteiger partial charge in [-0.1, -0.05) is 0 Å². The molecule has 0 N–H and O–H groups in total. The van der Waals surface area contributed by atoms with Crippen LogP contribution in [0.5, 0.6) is 5.75 Å². The van der Waals surface area contributed by atoms with Crippen LogP contribution in [-0.4, -0.2) is 15.8 Å². The highest BCUT2D eigenvalue weighted by Crippen LogP contribution is 2.32. The third-order valence-electron chi connectivity index (χ3n) is 2.50. The Hall–Kier alpha value is -1.42. The van der Waals surface area contributed by atoms with Gasteiger partial charge in [0.15, 0.2) is 5.82 Å². The van der Waals surface area contributed by atoms with Gasteiger partial charge in [-0.3, -0.25) is 4.57 Å². The molecule has 76 valence electrons. The Morgan fingerprint density at radius 3 is 3.27 bits per heavy atom. The van der Waals surface area contributed by atoms with Gasteiger partial charge >= 0.3 is 0 Å². The lowest BCUT2D eigenvalue weighted by atomic mass is 10.2. The molecule has 0 amide bonds. The highest BCUT2D eigenvalue weighted by molar-refractivity contribution is 7.98. The van der Waals surface area contributed by atoms with Crippen LogP contribution >= 0.6 is 11.8 Å². The van der Waals surface area contributed by atoms with E-state index in [4.69, 9.17) is 4.74 Å². The number of rotatable bonds is 1. The van der Waals surface area contributed by atoms with Gasteiger partial charge in [0, 0.05) is 17.3 Å². The normalized spacial score (nSPS) is 12.9. The Bertz CT molecular complexity index is 507. The molecule has 0 spiro atoms. The first-order valence-electron chi connectivity index (χ1n) is 4.72. The summed E-state index contributed by atoms with van der Waals surface area (Å²) >= 11 is 1.72. The van der Waals surface area contributed by atoms with Crippen molar-refractivity contribution >= 4 is 11.8 Å². The van der Waals surface area contributed by atoms with E-state index in [1.165, 1.54) is 4.90 Å². The first-order valence-corrected chi connectivity index (χ1v) is 5.94. The van der Waals surface area contributed by atoms with Crippen LogP contribution in [0.4, 0.5) is 0 Å². The summed E-state index contributed by atoms with van der Waals surface area (Å²) in [5.74, 6) is 1.90. The van der Waals surface area contributed by atoms with E-state index in [1.807, 2.05) is 6.20 Å². The minimum Gasteiger partial charge on any atom is -0.483 e. The molecule has 3 rings (SSSR count). The second-order valence-electron chi connectivity index (χ2n) is 3.34. The monoisotopic (exact) mass is 218 g/mol. The maximum atomic E-state index is 5.65. The molecule has 4 heteroatoms. The van der Waals surface area contributed by atoms with Crippen LogP contribution < -0.4 is 4.74 Å². The van der Waals surface area contributed by atoms with E-state index in [0.717, 1.165) is 17.3 Å². The van der Waals surface area contributed by atoms with E-state index < -0.39 is 0 Å². The van der Waals surface area contributed by atoms with E-state index in [2.05, 4.69) is 34.0 Å². The van der Waals surface area contributed by atoms with Crippen molar-refractivity contribution in [1.82, 2.24) is 9.55 Å². The lowest BCUT2D eigenvalue weighted by Gasteiger charge is -2.19. The third kappa shape index (κ3) is 1.33. The van der Waals surface area contributed by atoms with Crippen molar-refractivity contribution in [3.8, 4) is 11.4 Å². The summed E-state index contributed by atoms with van der Waals surface area (Å²) in [4.78, 5) is 5.45. The van der Waals surface area contributed by atoms with Crippen LogP contribution in [0.25, 0.3) is 5.69 Å². The SMILES string of the molecule is CSc1ccc2c(c1)OCc1nccn1-2. The predicted molar refractivity (Wildman–Crippen MR) is 59.7 cm³/mol. The number of aromatic nitrogens is 2. The second kappa shape index (κ2) is 3.31. The zero-order valence-electron chi connectivity index (χ0n) is 8.30. The molecule has 0 atom stereocenters. The van der Waals surface area contributed by atoms with Crippen molar-refractivity contribution in [2.75, 3.05) is 6.26 Å².